The zero-order valence-electron chi connectivity index (χ0n) is 17.7. The van der Waals surface area contributed by atoms with E-state index in [1.165, 1.54) is 7.11 Å². The predicted octanol–water partition coefficient (Wildman–Crippen LogP) is 3.79. The van der Waals surface area contributed by atoms with E-state index in [-0.39, 0.29) is 12.5 Å². The molecule has 1 amide bonds. The van der Waals surface area contributed by atoms with E-state index >= 15 is 0 Å². The van der Waals surface area contributed by atoms with Gasteiger partial charge in [-0.05, 0) is 43.2 Å². The largest absolute Gasteiger partial charge is 0.493 e. The van der Waals surface area contributed by atoms with Gasteiger partial charge >= 0.3 is 5.97 Å². The maximum absolute atomic E-state index is 13.3. The number of nitrogens with zero attached hydrogens (tertiary/aromatic N) is 1. The second-order valence-electron chi connectivity index (χ2n) is 7.11. The molecule has 4 rings (SSSR count). The first kappa shape index (κ1) is 20.5. The summed E-state index contributed by atoms with van der Waals surface area (Å²) in [5.74, 6) is 0.299. The van der Waals surface area contributed by atoms with Gasteiger partial charge in [-0.2, -0.15) is 0 Å². The molecule has 0 bridgehead atoms. The Balaban J connectivity index is 1.76. The lowest BCUT2D eigenvalue weighted by molar-refractivity contribution is -0.136. The Kier molecular flexibility index (Phi) is 5.66. The zero-order chi connectivity index (χ0) is 22.0. The SMILES string of the molecule is CCOC(=O)C1=CN(C(=O)c2ccc(OC)c(OC)c2)CCc2c1[nH]c1ccccc21. The fourth-order valence-corrected chi connectivity index (χ4v) is 3.87. The number of methoxy groups -OCH3 is 2. The first-order valence-electron chi connectivity index (χ1n) is 10.1. The van der Waals surface area contributed by atoms with Crippen LogP contribution in [0, 0.1) is 0 Å². The highest BCUT2D eigenvalue weighted by atomic mass is 16.5. The Morgan fingerprint density at radius 1 is 1.06 bits per heavy atom. The standard InChI is InChI=1S/C24H24N2O5/c1-4-31-24(28)18-14-26(23(27)15-9-10-20(29-2)21(13-15)30-3)12-11-17-16-7-5-6-8-19(16)25-22(17)18/h5-10,13-14,25H,4,11-12H2,1-3H3. The number of carbonyl (C=O) groups is 2. The molecular formula is C24H24N2O5. The van der Waals surface area contributed by atoms with Crippen LogP contribution in [0.4, 0.5) is 0 Å². The van der Waals surface area contributed by atoms with E-state index in [2.05, 4.69) is 4.98 Å². The number of hydrogen-bond acceptors (Lipinski definition) is 5. The molecule has 0 unspecified atom stereocenters. The maximum atomic E-state index is 13.3. The van der Waals surface area contributed by atoms with Gasteiger partial charge < -0.3 is 24.1 Å². The fraction of sp³-hybridized carbons (Fsp3) is 0.250. The van der Waals surface area contributed by atoms with Crippen LogP contribution in [-0.4, -0.2) is 49.1 Å². The molecule has 7 heteroatoms. The van der Waals surface area contributed by atoms with Crippen LogP contribution in [0.5, 0.6) is 11.5 Å². The molecule has 0 aliphatic carbocycles. The van der Waals surface area contributed by atoms with Crippen LogP contribution in [0.3, 0.4) is 0 Å². The minimum Gasteiger partial charge on any atom is -0.493 e. The minimum atomic E-state index is -0.470. The third-order valence-corrected chi connectivity index (χ3v) is 5.36. The van der Waals surface area contributed by atoms with Crippen molar-refractivity contribution in [3.05, 3.63) is 65.5 Å². The van der Waals surface area contributed by atoms with Gasteiger partial charge in [-0.25, -0.2) is 4.79 Å². The third-order valence-electron chi connectivity index (χ3n) is 5.36. The summed E-state index contributed by atoms with van der Waals surface area (Å²) in [5.41, 5.74) is 3.41. The Hall–Kier alpha value is -3.74. The van der Waals surface area contributed by atoms with Gasteiger partial charge in [-0.3, -0.25) is 4.79 Å². The number of para-hydroxylation sites is 1. The summed E-state index contributed by atoms with van der Waals surface area (Å²) in [4.78, 5) is 31.0. The molecule has 1 aliphatic heterocycles. The average Bonchev–Trinajstić information content (AvgIpc) is 3.05. The molecule has 160 valence electrons. The maximum Gasteiger partial charge on any atom is 0.341 e. The van der Waals surface area contributed by atoms with Gasteiger partial charge in [0.05, 0.1) is 32.1 Å². The van der Waals surface area contributed by atoms with Crippen molar-refractivity contribution in [2.45, 2.75) is 13.3 Å². The Labute approximate surface area is 180 Å². The molecule has 0 atom stereocenters. The van der Waals surface area contributed by atoms with E-state index in [0.717, 1.165) is 16.5 Å². The Morgan fingerprint density at radius 2 is 1.84 bits per heavy atom. The molecule has 0 spiro atoms. The Bertz CT molecular complexity index is 1180. The lowest BCUT2D eigenvalue weighted by Crippen LogP contribution is -2.28. The summed E-state index contributed by atoms with van der Waals surface area (Å²) in [6.45, 7) is 2.42. The average molecular weight is 420 g/mol. The molecule has 0 fully saturated rings. The molecule has 2 heterocycles. The summed E-state index contributed by atoms with van der Waals surface area (Å²) >= 11 is 0. The van der Waals surface area contributed by atoms with Crippen molar-refractivity contribution in [1.29, 1.82) is 0 Å². The first-order chi connectivity index (χ1) is 15.1. The number of carbonyl (C=O) groups excluding carboxylic acids is 2. The second kappa shape index (κ2) is 8.55. The molecule has 0 saturated carbocycles. The van der Waals surface area contributed by atoms with Gasteiger partial charge in [0.2, 0.25) is 0 Å². The summed E-state index contributed by atoms with van der Waals surface area (Å²) in [5, 5.41) is 1.04. The van der Waals surface area contributed by atoms with Gasteiger partial charge in [0.25, 0.3) is 5.91 Å². The van der Waals surface area contributed by atoms with Gasteiger partial charge in [0, 0.05) is 29.2 Å². The molecule has 31 heavy (non-hydrogen) atoms. The van der Waals surface area contributed by atoms with E-state index in [9.17, 15) is 9.59 Å². The number of esters is 1. The lowest BCUT2D eigenvalue weighted by Gasteiger charge is -2.18. The monoisotopic (exact) mass is 420 g/mol. The van der Waals surface area contributed by atoms with Crippen LogP contribution in [0.15, 0.2) is 48.7 Å². The molecule has 2 aromatic carbocycles. The fourth-order valence-electron chi connectivity index (χ4n) is 3.87. The predicted molar refractivity (Wildman–Crippen MR) is 117 cm³/mol. The lowest BCUT2D eigenvalue weighted by atomic mass is 10.0. The van der Waals surface area contributed by atoms with E-state index in [1.54, 1.807) is 43.3 Å². The number of ether oxygens (including phenoxy) is 3. The van der Waals surface area contributed by atoms with Gasteiger partial charge in [-0.15, -0.1) is 0 Å². The van der Waals surface area contributed by atoms with Gasteiger partial charge in [-0.1, -0.05) is 18.2 Å². The van der Waals surface area contributed by atoms with Crippen molar-refractivity contribution >= 4 is 28.4 Å². The van der Waals surface area contributed by atoms with Crippen LogP contribution in [0.1, 0.15) is 28.5 Å². The summed E-state index contributed by atoms with van der Waals surface area (Å²) < 4.78 is 15.9. The molecule has 1 aromatic heterocycles. The number of H-pyrrole nitrogens is 1. The number of hydrogen-bond donors (Lipinski definition) is 1. The van der Waals surface area contributed by atoms with E-state index in [1.807, 2.05) is 24.3 Å². The molecule has 7 nitrogen and oxygen atoms in total. The smallest absolute Gasteiger partial charge is 0.341 e. The molecule has 1 aliphatic rings. The minimum absolute atomic E-state index is 0.239. The Morgan fingerprint density at radius 3 is 2.58 bits per heavy atom. The van der Waals surface area contributed by atoms with Crippen molar-refractivity contribution in [2.75, 3.05) is 27.4 Å². The number of nitrogens with one attached hydrogen (secondary N) is 1. The number of aromatic amines is 1. The number of benzene rings is 2. The van der Waals surface area contributed by atoms with Crippen LogP contribution in [0.25, 0.3) is 16.5 Å². The quantitative estimate of drug-likeness (QED) is 0.635. The molecule has 0 saturated heterocycles. The highest BCUT2D eigenvalue weighted by Gasteiger charge is 2.28. The molecule has 3 aromatic rings. The molecule has 1 N–H and O–H groups in total. The topological polar surface area (TPSA) is 80.9 Å². The van der Waals surface area contributed by atoms with Crippen LogP contribution in [0.2, 0.25) is 0 Å². The third kappa shape index (κ3) is 3.74. The second-order valence-corrected chi connectivity index (χ2v) is 7.11. The van der Waals surface area contributed by atoms with Crippen LogP contribution < -0.4 is 9.47 Å². The number of fused-ring (bicyclic) bond motifs is 3. The normalized spacial score (nSPS) is 13.3. The van der Waals surface area contributed by atoms with Crippen molar-refractivity contribution in [1.82, 2.24) is 9.88 Å². The van der Waals surface area contributed by atoms with Crippen molar-refractivity contribution in [3.63, 3.8) is 0 Å². The number of rotatable bonds is 5. The van der Waals surface area contributed by atoms with E-state index in [4.69, 9.17) is 14.2 Å². The molecule has 0 radical (unpaired) electrons. The highest BCUT2D eigenvalue weighted by molar-refractivity contribution is 6.18. The van der Waals surface area contributed by atoms with E-state index in [0.29, 0.717) is 41.3 Å². The van der Waals surface area contributed by atoms with Crippen molar-refractivity contribution in [3.8, 4) is 11.5 Å². The summed E-state index contributed by atoms with van der Waals surface area (Å²) in [6.07, 6.45) is 2.18. The van der Waals surface area contributed by atoms with Crippen molar-refractivity contribution in [2.24, 2.45) is 0 Å². The zero-order valence-corrected chi connectivity index (χ0v) is 17.7. The van der Waals surface area contributed by atoms with Crippen LogP contribution in [-0.2, 0) is 16.0 Å². The van der Waals surface area contributed by atoms with E-state index < -0.39 is 5.97 Å². The van der Waals surface area contributed by atoms with Gasteiger partial charge in [0.15, 0.2) is 11.5 Å². The van der Waals surface area contributed by atoms with Gasteiger partial charge in [0.1, 0.15) is 0 Å². The number of amides is 1. The number of aromatic nitrogens is 1. The first-order valence-corrected chi connectivity index (χ1v) is 10.1. The summed E-state index contributed by atoms with van der Waals surface area (Å²) in [7, 11) is 3.06. The molecular weight excluding hydrogens is 396 g/mol. The highest BCUT2D eigenvalue weighted by Crippen LogP contribution is 2.33. The summed E-state index contributed by atoms with van der Waals surface area (Å²) in [6, 6.07) is 12.9. The van der Waals surface area contributed by atoms with Crippen LogP contribution >= 0.6 is 0 Å². The van der Waals surface area contributed by atoms with Crippen molar-refractivity contribution < 1.29 is 23.8 Å².